The standard InChI is InChI=1S/C20H25N3O4S/c1-14(2)23-11-9-15(10-12-23)27-19-8-7-16(13-22-19)28(25,26)18-6-4-3-5-17(18)20(21)24/h3-8,13-15H,9-12H2,1-2H3,(H2,21,24). The van der Waals surface area contributed by atoms with Gasteiger partial charge in [0.1, 0.15) is 6.10 Å². The van der Waals surface area contributed by atoms with Crippen LogP contribution in [0.2, 0.25) is 0 Å². The van der Waals surface area contributed by atoms with Gasteiger partial charge >= 0.3 is 0 Å². The summed E-state index contributed by atoms with van der Waals surface area (Å²) < 4.78 is 31.6. The molecule has 0 radical (unpaired) electrons. The molecular weight excluding hydrogens is 378 g/mol. The summed E-state index contributed by atoms with van der Waals surface area (Å²) in [6.45, 7) is 6.30. The highest BCUT2D eigenvalue weighted by atomic mass is 32.2. The second kappa shape index (κ2) is 8.28. The minimum absolute atomic E-state index is 0.0109. The Morgan fingerprint density at radius 3 is 2.43 bits per heavy atom. The average Bonchev–Trinajstić information content (AvgIpc) is 2.69. The molecule has 0 bridgehead atoms. The van der Waals surface area contributed by atoms with Gasteiger partial charge in [0.25, 0.3) is 0 Å². The molecule has 2 N–H and O–H groups in total. The van der Waals surface area contributed by atoms with Crippen LogP contribution in [0.4, 0.5) is 0 Å². The number of nitrogens with two attached hydrogens (primary N) is 1. The third kappa shape index (κ3) is 4.34. The van der Waals surface area contributed by atoms with Crippen molar-refractivity contribution in [2.24, 2.45) is 5.73 Å². The Bertz CT molecular complexity index is 934. The molecule has 1 aliphatic rings. The van der Waals surface area contributed by atoms with Crippen LogP contribution in [0.5, 0.6) is 5.88 Å². The number of hydrogen-bond acceptors (Lipinski definition) is 6. The first-order valence-corrected chi connectivity index (χ1v) is 10.8. The SMILES string of the molecule is CC(C)N1CCC(Oc2ccc(S(=O)(=O)c3ccccc3C(N)=O)cn2)CC1. The summed E-state index contributed by atoms with van der Waals surface area (Å²) in [5, 5.41) is 0. The molecule has 1 fully saturated rings. The van der Waals surface area contributed by atoms with Gasteiger partial charge in [-0.05, 0) is 44.9 Å². The zero-order valence-electron chi connectivity index (χ0n) is 16.0. The van der Waals surface area contributed by atoms with E-state index in [0.29, 0.717) is 11.9 Å². The Morgan fingerprint density at radius 2 is 1.86 bits per heavy atom. The molecule has 1 saturated heterocycles. The highest BCUT2D eigenvalue weighted by molar-refractivity contribution is 7.91. The second-order valence-corrected chi connectivity index (χ2v) is 9.06. The zero-order valence-corrected chi connectivity index (χ0v) is 16.9. The average molecular weight is 404 g/mol. The second-order valence-electron chi connectivity index (χ2n) is 7.14. The van der Waals surface area contributed by atoms with Crippen LogP contribution < -0.4 is 10.5 Å². The number of amides is 1. The van der Waals surface area contributed by atoms with Gasteiger partial charge in [-0.1, -0.05) is 12.1 Å². The van der Waals surface area contributed by atoms with Gasteiger partial charge in [0, 0.05) is 31.4 Å². The quantitative estimate of drug-likeness (QED) is 0.794. The molecule has 150 valence electrons. The zero-order chi connectivity index (χ0) is 20.3. The number of nitrogens with zero attached hydrogens (tertiary/aromatic N) is 2. The van der Waals surface area contributed by atoms with Gasteiger partial charge in [-0.25, -0.2) is 13.4 Å². The van der Waals surface area contributed by atoms with E-state index in [1.165, 1.54) is 24.4 Å². The number of aromatic nitrogens is 1. The first-order valence-electron chi connectivity index (χ1n) is 9.29. The van der Waals surface area contributed by atoms with Crippen molar-refractivity contribution in [1.82, 2.24) is 9.88 Å². The fraction of sp³-hybridized carbons (Fsp3) is 0.400. The molecule has 2 aromatic rings. The number of pyridine rings is 1. The van der Waals surface area contributed by atoms with Gasteiger partial charge in [-0.3, -0.25) is 4.79 Å². The van der Waals surface area contributed by atoms with Crippen LogP contribution in [0.15, 0.2) is 52.4 Å². The molecule has 28 heavy (non-hydrogen) atoms. The van der Waals surface area contributed by atoms with Crippen molar-refractivity contribution in [1.29, 1.82) is 0 Å². The summed E-state index contributed by atoms with van der Waals surface area (Å²) in [4.78, 5) is 18.0. The van der Waals surface area contributed by atoms with Gasteiger partial charge in [0.15, 0.2) is 0 Å². The molecule has 3 rings (SSSR count). The highest BCUT2D eigenvalue weighted by Crippen LogP contribution is 2.25. The summed E-state index contributed by atoms with van der Waals surface area (Å²) in [5.41, 5.74) is 5.26. The normalized spacial score (nSPS) is 16.2. The van der Waals surface area contributed by atoms with E-state index in [2.05, 4.69) is 23.7 Å². The molecule has 0 atom stereocenters. The van der Waals surface area contributed by atoms with E-state index in [1.807, 2.05) is 0 Å². The summed E-state index contributed by atoms with van der Waals surface area (Å²) in [6.07, 6.45) is 3.14. The smallest absolute Gasteiger partial charge is 0.250 e. The lowest BCUT2D eigenvalue weighted by atomic mass is 10.1. The molecule has 8 heteroatoms. The predicted octanol–water partition coefficient (Wildman–Crippen LogP) is 2.26. The molecule has 0 aliphatic carbocycles. The minimum Gasteiger partial charge on any atom is -0.474 e. The number of likely N-dealkylation sites (tertiary alicyclic amines) is 1. The van der Waals surface area contributed by atoms with Crippen LogP contribution in [0.3, 0.4) is 0 Å². The fourth-order valence-electron chi connectivity index (χ4n) is 3.31. The van der Waals surface area contributed by atoms with Crippen molar-refractivity contribution in [2.45, 2.75) is 48.6 Å². The molecule has 1 aliphatic heterocycles. The molecule has 7 nitrogen and oxygen atoms in total. The van der Waals surface area contributed by atoms with E-state index < -0.39 is 15.7 Å². The van der Waals surface area contributed by atoms with E-state index >= 15 is 0 Å². The highest BCUT2D eigenvalue weighted by Gasteiger charge is 2.25. The molecule has 1 amide bonds. The number of piperidine rings is 1. The Balaban J connectivity index is 1.73. The number of sulfone groups is 1. The maximum absolute atomic E-state index is 12.9. The van der Waals surface area contributed by atoms with Crippen molar-refractivity contribution < 1.29 is 17.9 Å². The molecule has 0 spiro atoms. The van der Waals surface area contributed by atoms with E-state index in [9.17, 15) is 13.2 Å². The molecule has 2 heterocycles. The van der Waals surface area contributed by atoms with E-state index in [1.54, 1.807) is 18.2 Å². The van der Waals surface area contributed by atoms with Crippen molar-refractivity contribution in [2.75, 3.05) is 13.1 Å². The predicted molar refractivity (Wildman–Crippen MR) is 105 cm³/mol. The van der Waals surface area contributed by atoms with Gasteiger partial charge in [-0.15, -0.1) is 0 Å². The Labute approximate surface area is 165 Å². The van der Waals surface area contributed by atoms with E-state index in [4.69, 9.17) is 10.5 Å². The molecule has 1 aromatic carbocycles. The van der Waals surface area contributed by atoms with E-state index in [-0.39, 0.29) is 21.5 Å². The minimum atomic E-state index is -3.91. The lowest BCUT2D eigenvalue weighted by molar-refractivity contribution is 0.0812. The summed E-state index contributed by atoms with van der Waals surface area (Å²) in [7, 11) is -3.91. The molecular formula is C20H25N3O4S. The lowest BCUT2D eigenvalue weighted by Gasteiger charge is -2.34. The van der Waals surface area contributed by atoms with Crippen LogP contribution in [0, 0.1) is 0 Å². The Hall–Kier alpha value is -2.45. The molecule has 0 unspecified atom stereocenters. The summed E-state index contributed by atoms with van der Waals surface area (Å²) in [6, 6.07) is 9.39. The van der Waals surface area contributed by atoms with Crippen molar-refractivity contribution in [3.63, 3.8) is 0 Å². The number of carbonyl (C=O) groups is 1. The van der Waals surface area contributed by atoms with Crippen molar-refractivity contribution in [3.05, 3.63) is 48.2 Å². The number of carbonyl (C=O) groups excluding carboxylic acids is 1. The van der Waals surface area contributed by atoms with Crippen LogP contribution in [0.1, 0.15) is 37.0 Å². The fourth-order valence-corrected chi connectivity index (χ4v) is 4.72. The number of hydrogen-bond donors (Lipinski definition) is 1. The number of primary amides is 1. The van der Waals surface area contributed by atoms with Crippen LogP contribution in [0.25, 0.3) is 0 Å². The van der Waals surface area contributed by atoms with Crippen LogP contribution in [-0.4, -0.2) is 49.4 Å². The van der Waals surface area contributed by atoms with Gasteiger partial charge in [-0.2, -0.15) is 0 Å². The Kier molecular flexibility index (Phi) is 6.00. The number of ether oxygens (including phenoxy) is 1. The largest absolute Gasteiger partial charge is 0.474 e. The molecule has 0 saturated carbocycles. The van der Waals surface area contributed by atoms with Gasteiger partial charge in [0.05, 0.1) is 15.4 Å². The molecule has 1 aromatic heterocycles. The maximum Gasteiger partial charge on any atom is 0.250 e. The monoisotopic (exact) mass is 403 g/mol. The van der Waals surface area contributed by atoms with Gasteiger partial charge < -0.3 is 15.4 Å². The van der Waals surface area contributed by atoms with Crippen LogP contribution >= 0.6 is 0 Å². The first kappa shape index (κ1) is 20.3. The maximum atomic E-state index is 12.9. The lowest BCUT2D eigenvalue weighted by Crippen LogP contribution is -2.41. The Morgan fingerprint density at radius 1 is 1.18 bits per heavy atom. The summed E-state index contributed by atoms with van der Waals surface area (Å²) in [5.74, 6) is -0.398. The van der Waals surface area contributed by atoms with Crippen molar-refractivity contribution >= 4 is 15.7 Å². The van der Waals surface area contributed by atoms with Crippen molar-refractivity contribution in [3.8, 4) is 5.88 Å². The van der Waals surface area contributed by atoms with Gasteiger partial charge in [0.2, 0.25) is 21.6 Å². The topological polar surface area (TPSA) is 103 Å². The van der Waals surface area contributed by atoms with Crippen LogP contribution in [-0.2, 0) is 9.84 Å². The summed E-state index contributed by atoms with van der Waals surface area (Å²) >= 11 is 0. The number of rotatable bonds is 6. The van der Waals surface area contributed by atoms with E-state index in [0.717, 1.165) is 25.9 Å². The first-order chi connectivity index (χ1) is 13.3. The third-order valence-electron chi connectivity index (χ3n) is 4.96. The number of benzene rings is 1. The third-order valence-corrected chi connectivity index (χ3v) is 6.75.